The lowest BCUT2D eigenvalue weighted by molar-refractivity contribution is -0.0861. The molecule has 36 heavy (non-hydrogen) atoms. The zero-order valence-electron chi connectivity index (χ0n) is 22.0. The molecule has 7 aliphatic carbocycles. The van der Waals surface area contributed by atoms with Crippen molar-refractivity contribution in [2.45, 2.75) is 96.1 Å². The van der Waals surface area contributed by atoms with Gasteiger partial charge in [-0.1, -0.05) is 34.9 Å². The fraction of sp³-hybridized carbons (Fsp3) is 0.812. The molecule has 0 aliphatic heterocycles. The van der Waals surface area contributed by atoms with Crippen molar-refractivity contribution < 1.29 is 20.4 Å². The summed E-state index contributed by atoms with van der Waals surface area (Å²) in [7, 11) is 0. The van der Waals surface area contributed by atoms with Crippen LogP contribution in [0.2, 0.25) is 0 Å². The molecule has 4 bridgehead atoms. The first-order chi connectivity index (χ1) is 17.3. The molecule has 0 aromatic carbocycles. The van der Waals surface area contributed by atoms with Crippen molar-refractivity contribution >= 4 is 0 Å². The zero-order chi connectivity index (χ0) is 24.9. The summed E-state index contributed by atoms with van der Waals surface area (Å²) in [6, 6.07) is 0. The van der Waals surface area contributed by atoms with Gasteiger partial charge in [-0.15, -0.1) is 0 Å². The Hall–Kier alpha value is -0.940. The second-order valence-corrected chi connectivity index (χ2v) is 14.1. The summed E-state index contributed by atoms with van der Waals surface area (Å²) < 4.78 is 0. The van der Waals surface area contributed by atoms with Gasteiger partial charge in [0.2, 0.25) is 0 Å². The smallest absolute Gasteiger partial charge is 0.0631 e. The lowest BCUT2D eigenvalue weighted by Crippen LogP contribution is -2.48. The molecule has 4 N–H and O–H groups in total. The number of aliphatic hydroxyl groups excluding tert-OH is 4. The van der Waals surface area contributed by atoms with E-state index in [0.717, 1.165) is 51.4 Å². The molecule has 4 nitrogen and oxygen atoms in total. The highest BCUT2D eigenvalue weighted by atomic mass is 16.3. The molecule has 7 rings (SSSR count). The molecular weight excluding hydrogens is 448 g/mol. The van der Waals surface area contributed by atoms with Crippen LogP contribution in [0.3, 0.4) is 0 Å². The summed E-state index contributed by atoms with van der Waals surface area (Å²) in [5.41, 5.74) is 4.37. The third kappa shape index (κ3) is 3.53. The van der Waals surface area contributed by atoms with Crippen LogP contribution in [0.5, 0.6) is 0 Å². The topological polar surface area (TPSA) is 80.9 Å². The number of aliphatic hydroxyl groups is 4. The summed E-state index contributed by atoms with van der Waals surface area (Å²) in [5.74, 6) is 3.59. The molecule has 0 aromatic heterocycles. The van der Waals surface area contributed by atoms with Gasteiger partial charge in [0.25, 0.3) is 0 Å². The molecule has 14 unspecified atom stereocenters. The number of fused-ring (bicyclic) bond motifs is 10. The maximum absolute atomic E-state index is 11.3. The largest absolute Gasteiger partial charge is 0.393 e. The van der Waals surface area contributed by atoms with Gasteiger partial charge in [-0.05, 0) is 131 Å². The molecule has 4 heteroatoms. The van der Waals surface area contributed by atoms with Gasteiger partial charge in [0.05, 0.1) is 24.4 Å². The highest BCUT2D eigenvalue weighted by Crippen LogP contribution is 2.61. The first-order valence-corrected chi connectivity index (χ1v) is 15.1. The molecule has 0 amide bonds. The van der Waals surface area contributed by atoms with Gasteiger partial charge in [-0.2, -0.15) is 0 Å². The third-order valence-electron chi connectivity index (χ3n) is 12.5. The third-order valence-corrected chi connectivity index (χ3v) is 12.5. The van der Waals surface area contributed by atoms with E-state index in [1.807, 2.05) is 0 Å². The Kier molecular flexibility index (Phi) is 5.89. The fourth-order valence-corrected chi connectivity index (χ4v) is 11.0. The van der Waals surface area contributed by atoms with Crippen molar-refractivity contribution in [3.63, 3.8) is 0 Å². The quantitative estimate of drug-likeness (QED) is 0.420. The highest BCUT2D eigenvalue weighted by Gasteiger charge is 2.60. The molecule has 198 valence electrons. The minimum absolute atomic E-state index is 0.00625. The summed E-state index contributed by atoms with van der Waals surface area (Å²) in [5, 5.41) is 44.8. The minimum atomic E-state index is -0.367. The van der Waals surface area contributed by atoms with Crippen molar-refractivity contribution in [3.05, 3.63) is 34.9 Å². The van der Waals surface area contributed by atoms with E-state index < -0.39 is 0 Å². The monoisotopic (exact) mass is 494 g/mol. The molecule has 0 saturated heterocycles. The first-order valence-electron chi connectivity index (χ1n) is 15.1. The van der Waals surface area contributed by atoms with Crippen LogP contribution in [-0.4, -0.2) is 44.8 Å². The summed E-state index contributed by atoms with van der Waals surface area (Å²) in [6.07, 6.45) is 15.3. The van der Waals surface area contributed by atoms with Gasteiger partial charge in [0, 0.05) is 5.92 Å². The van der Waals surface area contributed by atoms with Crippen molar-refractivity contribution in [3.8, 4) is 0 Å². The molecule has 7 aliphatic rings. The van der Waals surface area contributed by atoms with E-state index in [-0.39, 0.29) is 59.9 Å². The molecule has 15 atom stereocenters. The van der Waals surface area contributed by atoms with E-state index in [2.05, 4.69) is 32.1 Å². The Balaban J connectivity index is 0.984. The summed E-state index contributed by atoms with van der Waals surface area (Å²) >= 11 is 0. The molecule has 0 radical (unpaired) electrons. The lowest BCUT2D eigenvalue weighted by atomic mass is 9.64. The lowest BCUT2D eigenvalue weighted by Gasteiger charge is -2.45. The summed E-state index contributed by atoms with van der Waals surface area (Å²) in [6.45, 7) is 4.41. The molecule has 0 spiro atoms. The molecular formula is C32H46O4. The predicted molar refractivity (Wildman–Crippen MR) is 140 cm³/mol. The number of hydrogen-bond donors (Lipinski definition) is 4. The first kappa shape index (κ1) is 24.1. The van der Waals surface area contributed by atoms with Gasteiger partial charge in [0.1, 0.15) is 0 Å². The summed E-state index contributed by atoms with van der Waals surface area (Å²) in [4.78, 5) is 0. The van der Waals surface area contributed by atoms with Gasteiger partial charge in [0.15, 0.2) is 0 Å². The van der Waals surface area contributed by atoms with Crippen LogP contribution in [0.4, 0.5) is 0 Å². The van der Waals surface area contributed by atoms with E-state index in [0.29, 0.717) is 29.6 Å². The second kappa shape index (κ2) is 8.79. The maximum atomic E-state index is 11.3. The van der Waals surface area contributed by atoms with Crippen LogP contribution in [0, 0.1) is 65.1 Å². The normalized spacial score (nSPS) is 54.8. The SMILES string of the molecule is CC1=CC2CC1C1C(O)CC(CCC3=CC(CC4C(O)C5C6C=C(C)C(C6)C5[C@H]4O)CCC3)C(O)C21. The Morgan fingerprint density at radius 1 is 0.750 bits per heavy atom. The van der Waals surface area contributed by atoms with E-state index in [4.69, 9.17) is 0 Å². The van der Waals surface area contributed by atoms with E-state index >= 15 is 0 Å². The van der Waals surface area contributed by atoms with Gasteiger partial charge >= 0.3 is 0 Å². The maximum Gasteiger partial charge on any atom is 0.0631 e. The highest BCUT2D eigenvalue weighted by molar-refractivity contribution is 5.27. The van der Waals surface area contributed by atoms with E-state index in [9.17, 15) is 20.4 Å². The van der Waals surface area contributed by atoms with E-state index in [1.54, 1.807) is 0 Å². The number of allylic oxidation sites excluding steroid dienone is 6. The van der Waals surface area contributed by atoms with Gasteiger partial charge in [-0.3, -0.25) is 0 Å². The van der Waals surface area contributed by atoms with Crippen molar-refractivity contribution in [2.75, 3.05) is 0 Å². The van der Waals surface area contributed by atoms with E-state index in [1.165, 1.54) is 23.1 Å². The Morgan fingerprint density at radius 2 is 1.39 bits per heavy atom. The number of rotatable bonds is 5. The number of hydrogen-bond acceptors (Lipinski definition) is 4. The molecule has 0 heterocycles. The standard InChI is InChI=1S/C32H46O4/c1-15-8-20-12-22(15)28-25(33)14-19(30(34)26(20)28)7-6-17-4-3-5-18(10-17)11-24-31(35)27-21-9-16(2)23(13-21)29(27)32(24)36/h8-10,18-36H,3-7,11-14H2,1-2H3/t18?,19?,20?,21?,22?,23?,24?,25?,26?,27?,28?,29?,30?,31?,32-/m0/s1. The minimum Gasteiger partial charge on any atom is -0.393 e. The molecule has 4 saturated carbocycles. The van der Waals surface area contributed by atoms with Crippen molar-refractivity contribution in [1.29, 1.82) is 0 Å². The second-order valence-electron chi connectivity index (χ2n) is 14.1. The predicted octanol–water partition coefficient (Wildman–Crippen LogP) is 4.63. The zero-order valence-corrected chi connectivity index (χ0v) is 22.0. The van der Waals surface area contributed by atoms with Gasteiger partial charge in [-0.25, -0.2) is 0 Å². The van der Waals surface area contributed by atoms with Crippen molar-refractivity contribution in [1.82, 2.24) is 0 Å². The Labute approximate surface area is 216 Å². The molecule has 4 fully saturated rings. The van der Waals surface area contributed by atoms with Gasteiger partial charge < -0.3 is 20.4 Å². The van der Waals surface area contributed by atoms with Crippen molar-refractivity contribution in [2.24, 2.45) is 65.1 Å². The van der Waals surface area contributed by atoms with Crippen LogP contribution >= 0.6 is 0 Å². The average Bonchev–Trinajstić information content (AvgIpc) is 3.64. The van der Waals surface area contributed by atoms with Crippen LogP contribution in [0.25, 0.3) is 0 Å². The molecule has 0 aromatic rings. The van der Waals surface area contributed by atoms with Crippen LogP contribution in [0.1, 0.15) is 71.6 Å². The Bertz CT molecular complexity index is 981. The Morgan fingerprint density at radius 3 is 2.11 bits per heavy atom. The van der Waals surface area contributed by atoms with Crippen LogP contribution in [0.15, 0.2) is 34.9 Å². The average molecular weight is 495 g/mol. The van der Waals surface area contributed by atoms with Crippen LogP contribution < -0.4 is 0 Å². The van der Waals surface area contributed by atoms with Crippen LogP contribution in [-0.2, 0) is 0 Å². The fourth-order valence-electron chi connectivity index (χ4n) is 11.0.